The minimum Gasteiger partial charge on any atom is -0.278 e. The molecule has 0 saturated heterocycles. The van der Waals surface area contributed by atoms with Gasteiger partial charge in [0.2, 0.25) is 0 Å². The highest BCUT2D eigenvalue weighted by atomic mass is 32.1. The van der Waals surface area contributed by atoms with E-state index in [2.05, 4.69) is 27.1 Å². The number of hydrazone groups is 2. The number of nitrogens with one attached hydrogen (secondary N) is 2. The van der Waals surface area contributed by atoms with E-state index >= 15 is 0 Å². The van der Waals surface area contributed by atoms with Gasteiger partial charge in [-0.3, -0.25) is 10.2 Å². The van der Waals surface area contributed by atoms with Crippen LogP contribution in [0.25, 0.3) is 0 Å². The number of anilines is 1. The van der Waals surface area contributed by atoms with Crippen LogP contribution in [0.2, 0.25) is 0 Å². The predicted octanol–water partition coefficient (Wildman–Crippen LogP) is 4.64. The van der Waals surface area contributed by atoms with E-state index in [0.717, 1.165) is 21.0 Å². The van der Waals surface area contributed by atoms with Crippen LogP contribution in [0, 0.1) is 13.8 Å². The van der Waals surface area contributed by atoms with E-state index in [1.54, 1.807) is 59.4 Å². The first-order valence-corrected chi connectivity index (χ1v) is 9.70. The second-order valence-corrected chi connectivity index (χ2v) is 7.48. The summed E-state index contributed by atoms with van der Waals surface area (Å²) in [4.78, 5) is 14.3. The van der Waals surface area contributed by atoms with Crippen LogP contribution in [0.15, 0.2) is 57.4 Å². The molecule has 3 aromatic rings. The normalized spacial score (nSPS) is 11.3. The summed E-state index contributed by atoms with van der Waals surface area (Å²) in [6, 6.07) is 11.1. The van der Waals surface area contributed by atoms with E-state index in [0.29, 0.717) is 5.56 Å². The van der Waals surface area contributed by atoms with Crippen LogP contribution in [-0.2, 0) is 0 Å². The predicted molar refractivity (Wildman–Crippen MR) is 111 cm³/mol. The van der Waals surface area contributed by atoms with Crippen molar-refractivity contribution in [3.05, 3.63) is 73.6 Å². The molecule has 1 amide bonds. The van der Waals surface area contributed by atoms with Crippen LogP contribution in [0.4, 0.5) is 5.69 Å². The van der Waals surface area contributed by atoms with Crippen molar-refractivity contribution in [3.8, 4) is 0 Å². The van der Waals surface area contributed by atoms with Crippen LogP contribution in [0.1, 0.15) is 31.2 Å². The summed E-state index contributed by atoms with van der Waals surface area (Å²) in [5, 5.41) is 12.3. The fourth-order valence-corrected chi connectivity index (χ4v) is 3.68. The summed E-state index contributed by atoms with van der Waals surface area (Å²) in [6.07, 6.45) is 3.46. The van der Waals surface area contributed by atoms with Gasteiger partial charge in [-0.2, -0.15) is 10.2 Å². The van der Waals surface area contributed by atoms with Gasteiger partial charge in [-0.05, 0) is 72.1 Å². The number of aryl methyl sites for hydroxylation is 2. The average molecular weight is 383 g/mol. The van der Waals surface area contributed by atoms with E-state index in [-0.39, 0.29) is 5.91 Å². The molecule has 0 bridgehead atoms. The summed E-state index contributed by atoms with van der Waals surface area (Å²) in [6.45, 7) is 4.06. The van der Waals surface area contributed by atoms with Crippen molar-refractivity contribution in [2.24, 2.45) is 10.2 Å². The van der Waals surface area contributed by atoms with Crippen LogP contribution in [0.3, 0.4) is 0 Å². The number of rotatable bonds is 6. The second-order valence-electron chi connectivity index (χ2n) is 5.58. The number of carbonyl (C=O) groups excluding carboxylic acids is 1. The van der Waals surface area contributed by atoms with Gasteiger partial charge < -0.3 is 0 Å². The number of nitrogens with zero attached hydrogens (tertiary/aromatic N) is 2. The Morgan fingerprint density at radius 1 is 0.885 bits per heavy atom. The molecule has 7 heteroatoms. The first-order chi connectivity index (χ1) is 12.6. The van der Waals surface area contributed by atoms with Crippen LogP contribution in [0.5, 0.6) is 0 Å². The van der Waals surface area contributed by atoms with Gasteiger partial charge in [0.15, 0.2) is 0 Å². The maximum Gasteiger partial charge on any atom is 0.271 e. The molecule has 2 aromatic heterocycles. The molecule has 0 saturated carbocycles. The van der Waals surface area contributed by atoms with Gasteiger partial charge in [0.05, 0.1) is 18.1 Å². The Hall–Kier alpha value is -2.77. The Morgan fingerprint density at radius 3 is 2.00 bits per heavy atom. The van der Waals surface area contributed by atoms with Crippen LogP contribution < -0.4 is 10.9 Å². The Bertz CT molecular complexity index is 939. The topological polar surface area (TPSA) is 65.8 Å². The van der Waals surface area contributed by atoms with Crippen molar-refractivity contribution in [2.75, 3.05) is 5.43 Å². The SMILES string of the molecule is Cc1ccsc1/C=N/NC(=O)c1ccc(N/N=C/c2sccc2C)cc1. The Balaban J connectivity index is 1.54. The van der Waals surface area contributed by atoms with Crippen molar-refractivity contribution in [2.45, 2.75) is 13.8 Å². The lowest BCUT2D eigenvalue weighted by Gasteiger charge is -2.03. The minimum absolute atomic E-state index is 0.250. The molecule has 0 atom stereocenters. The Labute approximate surface area is 160 Å². The number of hydrogen-bond acceptors (Lipinski definition) is 6. The summed E-state index contributed by atoms with van der Waals surface area (Å²) in [5.41, 5.74) is 9.19. The van der Waals surface area contributed by atoms with Gasteiger partial charge in [-0.25, -0.2) is 5.43 Å². The van der Waals surface area contributed by atoms with Gasteiger partial charge in [-0.15, -0.1) is 22.7 Å². The fraction of sp³-hybridized carbons (Fsp3) is 0.105. The average Bonchev–Trinajstić information content (AvgIpc) is 3.24. The van der Waals surface area contributed by atoms with E-state index in [4.69, 9.17) is 0 Å². The molecule has 0 aliphatic carbocycles. The number of amides is 1. The number of thiophene rings is 2. The lowest BCUT2D eigenvalue weighted by molar-refractivity contribution is 0.0955. The van der Waals surface area contributed by atoms with Gasteiger partial charge in [0.25, 0.3) is 5.91 Å². The molecule has 2 heterocycles. The quantitative estimate of drug-likeness (QED) is 0.482. The molecule has 5 nitrogen and oxygen atoms in total. The lowest BCUT2D eigenvalue weighted by Crippen LogP contribution is -2.17. The maximum absolute atomic E-state index is 12.1. The van der Waals surface area contributed by atoms with Crippen molar-refractivity contribution >= 4 is 46.7 Å². The monoisotopic (exact) mass is 382 g/mol. The molecule has 26 heavy (non-hydrogen) atoms. The molecule has 0 radical (unpaired) electrons. The van der Waals surface area contributed by atoms with Crippen molar-refractivity contribution < 1.29 is 4.79 Å². The summed E-state index contributed by atoms with van der Waals surface area (Å²) >= 11 is 3.23. The first-order valence-electron chi connectivity index (χ1n) is 7.94. The molecule has 0 fully saturated rings. The third kappa shape index (κ3) is 4.65. The largest absolute Gasteiger partial charge is 0.278 e. The molecule has 0 spiro atoms. The van der Waals surface area contributed by atoms with Gasteiger partial charge in [0.1, 0.15) is 0 Å². The maximum atomic E-state index is 12.1. The molecule has 2 N–H and O–H groups in total. The highest BCUT2D eigenvalue weighted by Gasteiger charge is 2.04. The lowest BCUT2D eigenvalue weighted by atomic mass is 10.2. The molecular weight excluding hydrogens is 364 g/mol. The Kier molecular flexibility index (Phi) is 5.93. The molecule has 0 aliphatic heterocycles. The zero-order valence-corrected chi connectivity index (χ0v) is 16.0. The van der Waals surface area contributed by atoms with Gasteiger partial charge in [-0.1, -0.05) is 0 Å². The fourth-order valence-electron chi connectivity index (χ4n) is 2.11. The first kappa shape index (κ1) is 18.0. The summed E-state index contributed by atoms with van der Waals surface area (Å²) in [7, 11) is 0. The minimum atomic E-state index is -0.250. The molecule has 1 aromatic carbocycles. The molecule has 3 rings (SSSR count). The van der Waals surface area contributed by atoms with E-state index in [1.807, 2.05) is 30.7 Å². The van der Waals surface area contributed by atoms with Gasteiger partial charge in [0, 0.05) is 15.3 Å². The smallest absolute Gasteiger partial charge is 0.271 e. The van der Waals surface area contributed by atoms with Crippen molar-refractivity contribution in [3.63, 3.8) is 0 Å². The molecular formula is C19H18N4OS2. The second kappa shape index (κ2) is 8.55. The molecule has 0 unspecified atom stereocenters. The van der Waals surface area contributed by atoms with E-state index < -0.39 is 0 Å². The van der Waals surface area contributed by atoms with Gasteiger partial charge >= 0.3 is 0 Å². The van der Waals surface area contributed by atoms with E-state index in [9.17, 15) is 4.79 Å². The number of hydrogen-bond donors (Lipinski definition) is 2. The highest BCUT2D eigenvalue weighted by molar-refractivity contribution is 7.12. The zero-order chi connectivity index (χ0) is 18.4. The molecule has 0 aliphatic rings. The van der Waals surface area contributed by atoms with E-state index in [1.165, 1.54) is 5.56 Å². The third-order valence-corrected chi connectivity index (χ3v) is 5.58. The van der Waals surface area contributed by atoms with Crippen LogP contribution >= 0.6 is 22.7 Å². The third-order valence-electron chi connectivity index (χ3n) is 3.67. The van der Waals surface area contributed by atoms with Crippen molar-refractivity contribution in [1.29, 1.82) is 0 Å². The summed E-state index contributed by atoms with van der Waals surface area (Å²) < 4.78 is 0. The summed E-state index contributed by atoms with van der Waals surface area (Å²) in [5.74, 6) is -0.250. The zero-order valence-electron chi connectivity index (χ0n) is 14.4. The molecule has 132 valence electrons. The highest BCUT2D eigenvalue weighted by Crippen LogP contribution is 2.14. The Morgan fingerprint density at radius 2 is 1.46 bits per heavy atom. The number of benzene rings is 1. The number of carbonyl (C=O) groups is 1. The standard InChI is InChI=1S/C19H18N4OS2/c1-13-7-9-25-17(13)11-20-22-16-5-3-15(4-6-16)19(24)23-21-12-18-14(2)8-10-26-18/h3-12,22H,1-2H3,(H,23,24)/b20-11+,21-12+. The van der Waals surface area contributed by atoms with Crippen LogP contribution in [-0.4, -0.2) is 18.3 Å². The van der Waals surface area contributed by atoms with Crippen molar-refractivity contribution in [1.82, 2.24) is 5.43 Å².